The molecule has 2 aromatic rings. The van der Waals surface area contributed by atoms with Gasteiger partial charge in [-0.15, -0.1) is 0 Å². The van der Waals surface area contributed by atoms with Gasteiger partial charge in [-0.2, -0.15) is 0 Å². The second kappa shape index (κ2) is 8.03. The number of carbonyl (C=O) groups is 1. The summed E-state index contributed by atoms with van der Waals surface area (Å²) in [5.41, 5.74) is 7.03. The third kappa shape index (κ3) is 4.76. The summed E-state index contributed by atoms with van der Waals surface area (Å²) in [5.74, 6) is -0.625. The van der Waals surface area contributed by atoms with Crippen LogP contribution in [0.25, 0.3) is 6.08 Å². The van der Waals surface area contributed by atoms with Crippen molar-refractivity contribution in [2.24, 2.45) is 5.73 Å². The van der Waals surface area contributed by atoms with E-state index in [1.54, 1.807) is 0 Å². The minimum atomic E-state index is -1.10. The Morgan fingerprint density at radius 3 is 2.58 bits per heavy atom. The molecule has 0 radical (unpaired) electrons. The molecule has 0 saturated carbocycles. The Morgan fingerprint density at radius 1 is 1.17 bits per heavy atom. The molecule has 0 aromatic heterocycles. The maximum Gasteiger partial charge on any atom is 0.320 e. The van der Waals surface area contributed by atoms with Crippen molar-refractivity contribution in [2.75, 3.05) is 6.61 Å². The first kappa shape index (κ1) is 17.4. The molecule has 0 spiro atoms. The number of carboxylic acid groups (broad SMARTS) is 1. The Bertz CT molecular complexity index is 742. The molecule has 0 saturated heterocycles. The fourth-order valence-corrected chi connectivity index (χ4v) is 2.10. The van der Waals surface area contributed by atoms with Gasteiger partial charge in [0.2, 0.25) is 0 Å². The zero-order chi connectivity index (χ0) is 17.5. The number of phenols is 2. The summed E-state index contributed by atoms with van der Waals surface area (Å²) < 4.78 is 5.34. The van der Waals surface area contributed by atoms with Crippen molar-refractivity contribution in [1.82, 2.24) is 0 Å². The fourth-order valence-electron chi connectivity index (χ4n) is 2.10. The number of hydrogen-bond acceptors (Lipinski definition) is 5. The van der Waals surface area contributed by atoms with Crippen LogP contribution < -0.4 is 10.5 Å². The van der Waals surface area contributed by atoms with Crippen molar-refractivity contribution in [3.63, 3.8) is 0 Å². The lowest BCUT2D eigenvalue weighted by atomic mass is 10.1. The average Bonchev–Trinajstić information content (AvgIpc) is 2.59. The van der Waals surface area contributed by atoms with E-state index >= 15 is 0 Å². The van der Waals surface area contributed by atoms with E-state index in [0.29, 0.717) is 12.2 Å². The zero-order valence-electron chi connectivity index (χ0n) is 12.9. The van der Waals surface area contributed by atoms with E-state index in [4.69, 9.17) is 25.8 Å². The highest BCUT2D eigenvalue weighted by atomic mass is 16.5. The van der Waals surface area contributed by atoms with E-state index in [1.165, 1.54) is 23.8 Å². The number of ether oxygens (including phenoxy) is 1. The number of carboxylic acids is 1. The summed E-state index contributed by atoms with van der Waals surface area (Å²) in [6, 6.07) is 11.1. The van der Waals surface area contributed by atoms with E-state index in [9.17, 15) is 4.79 Å². The SMILES string of the molecule is C1=Cc2ccccc2OC1.NC(Cc1ccc(O)c(O)c1)C(=O)O. The van der Waals surface area contributed by atoms with Crippen molar-refractivity contribution in [3.8, 4) is 17.2 Å². The minimum Gasteiger partial charge on any atom is -0.504 e. The predicted molar refractivity (Wildman–Crippen MR) is 90.1 cm³/mol. The standard InChI is InChI=1S/C9H11NO4.C9H8O/c10-6(9(13)14)3-5-1-2-7(11)8(12)4-5;1-2-6-9-8(4-1)5-3-7-10-9/h1-2,4,6,11-12H,3,10H2,(H,13,14);1-6H,7H2. The number of aliphatic carboxylic acids is 1. The van der Waals surface area contributed by atoms with E-state index < -0.39 is 12.0 Å². The zero-order valence-corrected chi connectivity index (χ0v) is 12.9. The maximum atomic E-state index is 10.4. The van der Waals surface area contributed by atoms with Gasteiger partial charge in [0.1, 0.15) is 18.4 Å². The third-order valence-corrected chi connectivity index (χ3v) is 3.36. The number of para-hydroxylation sites is 1. The molecule has 24 heavy (non-hydrogen) atoms. The highest BCUT2D eigenvalue weighted by Crippen LogP contribution is 2.25. The topological polar surface area (TPSA) is 113 Å². The van der Waals surface area contributed by atoms with Gasteiger partial charge in [-0.1, -0.05) is 30.3 Å². The van der Waals surface area contributed by atoms with Crippen LogP contribution in [0.2, 0.25) is 0 Å². The molecule has 5 N–H and O–H groups in total. The number of aromatic hydroxyl groups is 2. The fraction of sp³-hybridized carbons (Fsp3) is 0.167. The number of nitrogens with two attached hydrogens (primary N) is 1. The van der Waals surface area contributed by atoms with Gasteiger partial charge >= 0.3 is 5.97 Å². The third-order valence-electron chi connectivity index (χ3n) is 3.36. The molecule has 6 nitrogen and oxygen atoms in total. The number of benzene rings is 2. The van der Waals surface area contributed by atoms with Crippen molar-refractivity contribution < 1.29 is 24.9 Å². The van der Waals surface area contributed by atoms with Crippen LogP contribution in [0.1, 0.15) is 11.1 Å². The lowest BCUT2D eigenvalue weighted by molar-refractivity contribution is -0.138. The van der Waals surface area contributed by atoms with Gasteiger partial charge in [0.25, 0.3) is 0 Å². The summed E-state index contributed by atoms with van der Waals surface area (Å²) in [6.45, 7) is 0.705. The van der Waals surface area contributed by atoms with Gasteiger partial charge in [0, 0.05) is 5.56 Å². The maximum absolute atomic E-state index is 10.4. The van der Waals surface area contributed by atoms with Crippen molar-refractivity contribution in [2.45, 2.75) is 12.5 Å². The molecule has 1 atom stereocenters. The number of hydrogen-bond donors (Lipinski definition) is 4. The van der Waals surface area contributed by atoms with Gasteiger partial charge in [-0.25, -0.2) is 0 Å². The Kier molecular flexibility index (Phi) is 5.81. The van der Waals surface area contributed by atoms with Crippen LogP contribution in [-0.2, 0) is 11.2 Å². The van der Waals surface area contributed by atoms with Crippen LogP contribution in [0.3, 0.4) is 0 Å². The summed E-state index contributed by atoms with van der Waals surface area (Å²) >= 11 is 0. The molecule has 1 heterocycles. The summed E-state index contributed by atoms with van der Waals surface area (Å²) in [7, 11) is 0. The minimum absolute atomic E-state index is 0.114. The summed E-state index contributed by atoms with van der Waals surface area (Å²) in [4.78, 5) is 10.4. The molecular formula is C18H19NO5. The van der Waals surface area contributed by atoms with Gasteiger partial charge in [0.05, 0.1) is 0 Å². The van der Waals surface area contributed by atoms with Crippen LogP contribution in [0, 0.1) is 0 Å². The molecule has 0 bridgehead atoms. The van der Waals surface area contributed by atoms with Crippen molar-refractivity contribution in [1.29, 1.82) is 0 Å². The summed E-state index contributed by atoms with van der Waals surface area (Å²) in [6.07, 6.45) is 4.21. The van der Waals surface area contributed by atoms with Crippen molar-refractivity contribution in [3.05, 3.63) is 59.7 Å². The van der Waals surface area contributed by atoms with Gasteiger partial charge in [-0.3, -0.25) is 4.79 Å². The van der Waals surface area contributed by atoms with Crippen LogP contribution in [0.4, 0.5) is 0 Å². The second-order valence-electron chi connectivity index (χ2n) is 5.22. The highest BCUT2D eigenvalue weighted by Gasteiger charge is 2.12. The molecule has 6 heteroatoms. The number of phenolic OH excluding ortho intramolecular Hbond substituents is 2. The van der Waals surface area contributed by atoms with E-state index in [1.807, 2.05) is 30.3 Å². The molecule has 126 valence electrons. The molecular weight excluding hydrogens is 310 g/mol. The molecule has 2 aromatic carbocycles. The first-order valence-electron chi connectivity index (χ1n) is 7.35. The monoisotopic (exact) mass is 329 g/mol. The molecule has 1 aliphatic heterocycles. The van der Waals surface area contributed by atoms with E-state index in [2.05, 4.69) is 6.08 Å². The molecule has 3 rings (SSSR count). The first-order chi connectivity index (χ1) is 11.5. The first-order valence-corrected chi connectivity index (χ1v) is 7.35. The normalized spacial score (nSPS) is 13.0. The lowest BCUT2D eigenvalue weighted by Crippen LogP contribution is -2.32. The Balaban J connectivity index is 0.000000182. The Labute approximate surface area is 139 Å². The molecule has 1 aliphatic rings. The van der Waals surface area contributed by atoms with Gasteiger partial charge in [0.15, 0.2) is 11.5 Å². The van der Waals surface area contributed by atoms with Crippen LogP contribution >= 0.6 is 0 Å². The van der Waals surface area contributed by atoms with Crippen LogP contribution in [0.5, 0.6) is 17.2 Å². The number of rotatable bonds is 3. The lowest BCUT2D eigenvalue weighted by Gasteiger charge is -2.10. The second-order valence-corrected chi connectivity index (χ2v) is 5.22. The Morgan fingerprint density at radius 2 is 1.92 bits per heavy atom. The van der Waals surface area contributed by atoms with Gasteiger partial charge < -0.3 is 25.8 Å². The van der Waals surface area contributed by atoms with Crippen LogP contribution in [-0.4, -0.2) is 33.9 Å². The highest BCUT2D eigenvalue weighted by molar-refractivity contribution is 5.73. The molecule has 0 fully saturated rings. The van der Waals surface area contributed by atoms with E-state index in [-0.39, 0.29) is 17.9 Å². The smallest absolute Gasteiger partial charge is 0.320 e. The number of fused-ring (bicyclic) bond motifs is 1. The largest absolute Gasteiger partial charge is 0.504 e. The quantitative estimate of drug-likeness (QED) is 0.642. The predicted octanol–water partition coefficient (Wildman–Crippen LogP) is 2.14. The Hall–Kier alpha value is -2.99. The summed E-state index contributed by atoms with van der Waals surface area (Å²) in [5, 5.41) is 26.6. The molecule has 1 unspecified atom stereocenters. The van der Waals surface area contributed by atoms with Crippen molar-refractivity contribution >= 4 is 12.0 Å². The molecule has 0 aliphatic carbocycles. The van der Waals surface area contributed by atoms with Gasteiger partial charge in [-0.05, 0) is 36.3 Å². The average molecular weight is 329 g/mol. The van der Waals surface area contributed by atoms with E-state index in [0.717, 1.165) is 5.75 Å². The van der Waals surface area contributed by atoms with Crippen LogP contribution in [0.15, 0.2) is 48.5 Å². The molecule has 0 amide bonds.